The second kappa shape index (κ2) is 10.9. The van der Waals surface area contributed by atoms with E-state index in [1.54, 1.807) is 6.08 Å². The van der Waals surface area contributed by atoms with E-state index in [2.05, 4.69) is 10.6 Å². The highest BCUT2D eigenvalue weighted by Gasteiger charge is 2.29. The van der Waals surface area contributed by atoms with Crippen LogP contribution in [0.25, 0.3) is 6.08 Å². The van der Waals surface area contributed by atoms with Gasteiger partial charge in [0.15, 0.2) is 0 Å². The van der Waals surface area contributed by atoms with Crippen LogP contribution in [0.2, 0.25) is 0 Å². The molecule has 1 heterocycles. The maximum absolute atomic E-state index is 12.5. The van der Waals surface area contributed by atoms with Crippen LogP contribution in [0.3, 0.4) is 0 Å². The lowest BCUT2D eigenvalue weighted by atomic mass is 9.97. The van der Waals surface area contributed by atoms with Gasteiger partial charge in [-0.3, -0.25) is 9.59 Å². The Morgan fingerprint density at radius 1 is 1.18 bits per heavy atom. The topological polar surface area (TPSA) is 105 Å². The molecule has 8 nitrogen and oxygen atoms in total. The molecule has 1 aliphatic rings. The second-order valence-corrected chi connectivity index (χ2v) is 8.31. The number of hydrogen-bond acceptors (Lipinski definition) is 5. The fourth-order valence-corrected chi connectivity index (χ4v) is 4.07. The molecule has 0 atom stereocenters. The van der Waals surface area contributed by atoms with E-state index in [0.29, 0.717) is 26.0 Å². The normalized spacial score (nSPS) is 16.2. The molecule has 2 N–H and O–H groups in total. The number of nitrogens with zero attached hydrogens (tertiary/aromatic N) is 1. The third-order valence-corrected chi connectivity index (χ3v) is 6.03. The highest BCUT2D eigenvalue weighted by Crippen LogP contribution is 2.21. The van der Waals surface area contributed by atoms with E-state index >= 15 is 0 Å². The molecule has 28 heavy (non-hydrogen) atoms. The fraction of sp³-hybridized carbons (Fsp3) is 0.474. The van der Waals surface area contributed by atoms with Crippen molar-refractivity contribution in [2.45, 2.75) is 12.8 Å². The number of carbonyl (C=O) groups excluding carboxylic acids is 2. The van der Waals surface area contributed by atoms with E-state index in [4.69, 9.17) is 4.74 Å². The van der Waals surface area contributed by atoms with Gasteiger partial charge in [-0.05, 0) is 24.5 Å². The molecule has 1 aromatic carbocycles. The van der Waals surface area contributed by atoms with Crippen LogP contribution in [-0.2, 0) is 24.3 Å². The molecular weight excluding hydrogens is 382 g/mol. The Balaban J connectivity index is 1.77. The zero-order chi connectivity index (χ0) is 20.4. The van der Waals surface area contributed by atoms with Gasteiger partial charge in [-0.1, -0.05) is 30.3 Å². The van der Waals surface area contributed by atoms with Crippen LogP contribution >= 0.6 is 0 Å². The number of nitrogens with one attached hydrogen (secondary N) is 2. The smallest absolute Gasteiger partial charge is 0.239 e. The van der Waals surface area contributed by atoms with Crippen LogP contribution in [0.4, 0.5) is 0 Å². The van der Waals surface area contributed by atoms with Crippen LogP contribution in [0.1, 0.15) is 18.4 Å². The van der Waals surface area contributed by atoms with Gasteiger partial charge in [-0.15, -0.1) is 0 Å². The fourth-order valence-electron chi connectivity index (χ4n) is 2.85. The Morgan fingerprint density at radius 3 is 2.50 bits per heavy atom. The first-order valence-electron chi connectivity index (χ1n) is 9.19. The minimum absolute atomic E-state index is 0.0964. The number of benzene rings is 1. The molecule has 154 valence electrons. The van der Waals surface area contributed by atoms with Crippen molar-refractivity contribution in [1.29, 1.82) is 0 Å². The molecular formula is C19H27N3O5S. The monoisotopic (exact) mass is 409 g/mol. The molecule has 2 rings (SSSR count). The summed E-state index contributed by atoms with van der Waals surface area (Å²) in [6.45, 7) is 1.25. The largest absolute Gasteiger partial charge is 0.383 e. The standard InChI is InChI=1S/C19H27N3O5S/c1-27-13-10-20-18(23)15-21-19(24)17-7-11-22(12-8-17)28(25,26)14-9-16-5-3-2-4-6-16/h2-6,9,14,17H,7-8,10-13,15H2,1H3,(H,20,23)(H,21,24). The number of piperidine rings is 1. The summed E-state index contributed by atoms with van der Waals surface area (Å²) in [5, 5.41) is 6.43. The number of rotatable bonds is 9. The van der Waals surface area contributed by atoms with Gasteiger partial charge in [-0.2, -0.15) is 4.31 Å². The Kier molecular flexibility index (Phi) is 8.62. The summed E-state index contributed by atoms with van der Waals surface area (Å²) < 4.78 is 31.1. The number of amides is 2. The number of sulfonamides is 1. The molecule has 2 amide bonds. The summed E-state index contributed by atoms with van der Waals surface area (Å²) in [7, 11) is -1.98. The third kappa shape index (κ3) is 7.06. The minimum atomic E-state index is -3.52. The molecule has 1 aliphatic heterocycles. The number of methoxy groups -OCH3 is 1. The summed E-state index contributed by atoms with van der Waals surface area (Å²) in [5.74, 6) is -0.799. The zero-order valence-electron chi connectivity index (χ0n) is 16.0. The van der Waals surface area contributed by atoms with E-state index in [-0.39, 0.29) is 37.4 Å². The zero-order valence-corrected chi connectivity index (χ0v) is 16.8. The van der Waals surface area contributed by atoms with Crippen LogP contribution in [0.5, 0.6) is 0 Å². The summed E-state index contributed by atoms with van der Waals surface area (Å²) in [6, 6.07) is 9.20. The molecule has 9 heteroatoms. The molecule has 0 radical (unpaired) electrons. The molecule has 0 aromatic heterocycles. The lowest BCUT2D eigenvalue weighted by molar-refractivity contribution is -0.129. The van der Waals surface area contributed by atoms with Crippen molar-refractivity contribution in [3.63, 3.8) is 0 Å². The third-order valence-electron chi connectivity index (χ3n) is 4.47. The lowest BCUT2D eigenvalue weighted by Crippen LogP contribution is -2.44. The van der Waals surface area contributed by atoms with Gasteiger partial charge in [0.2, 0.25) is 21.8 Å². The lowest BCUT2D eigenvalue weighted by Gasteiger charge is -2.29. The van der Waals surface area contributed by atoms with Gasteiger partial charge in [-0.25, -0.2) is 8.42 Å². The van der Waals surface area contributed by atoms with Gasteiger partial charge in [0.25, 0.3) is 0 Å². The van der Waals surface area contributed by atoms with Crippen molar-refractivity contribution in [2.75, 3.05) is 39.9 Å². The van der Waals surface area contributed by atoms with Crippen LogP contribution in [0.15, 0.2) is 35.7 Å². The SMILES string of the molecule is COCCNC(=O)CNC(=O)C1CCN(S(=O)(=O)C=Cc2ccccc2)CC1. The van der Waals surface area contributed by atoms with Crippen molar-refractivity contribution in [1.82, 2.24) is 14.9 Å². The molecule has 1 saturated heterocycles. The Labute approximate surface area is 166 Å². The molecule has 0 bridgehead atoms. The average molecular weight is 410 g/mol. The van der Waals surface area contributed by atoms with E-state index < -0.39 is 10.0 Å². The van der Waals surface area contributed by atoms with Gasteiger partial charge < -0.3 is 15.4 Å². The van der Waals surface area contributed by atoms with Crippen molar-refractivity contribution >= 4 is 27.9 Å². The Morgan fingerprint density at radius 2 is 1.86 bits per heavy atom. The van der Waals surface area contributed by atoms with Gasteiger partial charge in [0, 0.05) is 38.1 Å². The quantitative estimate of drug-likeness (QED) is 0.581. The van der Waals surface area contributed by atoms with E-state index in [0.717, 1.165) is 5.56 Å². The molecule has 1 aromatic rings. The molecule has 0 saturated carbocycles. The second-order valence-electron chi connectivity index (χ2n) is 6.49. The summed E-state index contributed by atoms with van der Waals surface area (Å²) in [5.41, 5.74) is 0.809. The average Bonchev–Trinajstić information content (AvgIpc) is 2.71. The molecule has 1 fully saturated rings. The predicted octanol–water partition coefficient (Wildman–Crippen LogP) is 0.578. The van der Waals surface area contributed by atoms with Gasteiger partial charge in [0.05, 0.1) is 13.2 Å². The van der Waals surface area contributed by atoms with Crippen LogP contribution in [-0.4, -0.2) is 64.4 Å². The maximum atomic E-state index is 12.5. The van der Waals surface area contributed by atoms with E-state index in [1.165, 1.54) is 16.8 Å². The summed E-state index contributed by atoms with van der Waals surface area (Å²) >= 11 is 0. The first kappa shape index (κ1) is 22.1. The van der Waals surface area contributed by atoms with Crippen molar-refractivity contribution in [3.8, 4) is 0 Å². The van der Waals surface area contributed by atoms with Crippen molar-refractivity contribution in [3.05, 3.63) is 41.3 Å². The number of hydrogen-bond donors (Lipinski definition) is 2. The van der Waals surface area contributed by atoms with Crippen molar-refractivity contribution in [2.24, 2.45) is 5.92 Å². The molecule has 0 aliphatic carbocycles. The Bertz CT molecular complexity index is 772. The van der Waals surface area contributed by atoms with Crippen LogP contribution < -0.4 is 10.6 Å². The van der Waals surface area contributed by atoms with Crippen LogP contribution in [0, 0.1) is 5.92 Å². The highest BCUT2D eigenvalue weighted by molar-refractivity contribution is 7.92. The first-order chi connectivity index (χ1) is 13.4. The first-order valence-corrected chi connectivity index (χ1v) is 10.7. The molecule has 0 spiro atoms. The summed E-state index contributed by atoms with van der Waals surface area (Å²) in [4.78, 5) is 23.8. The maximum Gasteiger partial charge on any atom is 0.239 e. The number of ether oxygens (including phenoxy) is 1. The van der Waals surface area contributed by atoms with Gasteiger partial charge >= 0.3 is 0 Å². The van der Waals surface area contributed by atoms with E-state index in [1.807, 2.05) is 30.3 Å². The number of carbonyl (C=O) groups is 2. The van der Waals surface area contributed by atoms with Gasteiger partial charge in [0.1, 0.15) is 0 Å². The van der Waals surface area contributed by atoms with Crippen molar-refractivity contribution < 1.29 is 22.7 Å². The predicted molar refractivity (Wildman–Crippen MR) is 107 cm³/mol. The Hall–Kier alpha value is -2.23. The minimum Gasteiger partial charge on any atom is -0.383 e. The van der Waals surface area contributed by atoms with E-state index in [9.17, 15) is 18.0 Å². The summed E-state index contributed by atoms with van der Waals surface area (Å²) in [6.07, 6.45) is 2.42. The highest BCUT2D eigenvalue weighted by atomic mass is 32.2. The molecule has 0 unspecified atom stereocenters.